The van der Waals surface area contributed by atoms with E-state index in [4.69, 9.17) is 4.74 Å². The number of amides is 1. The number of nitrogens with one attached hydrogen (secondary N) is 1. The molecule has 0 aliphatic carbocycles. The maximum atomic E-state index is 12.4. The highest BCUT2D eigenvalue weighted by Gasteiger charge is 2.20. The van der Waals surface area contributed by atoms with Crippen molar-refractivity contribution < 1.29 is 24.5 Å². The smallest absolute Gasteiger partial charge is 0.305 e. The van der Waals surface area contributed by atoms with Gasteiger partial charge in [0.05, 0.1) is 25.4 Å². The molecule has 0 radical (unpaired) electrons. The fourth-order valence-corrected chi connectivity index (χ4v) is 8.10. The number of carbonyl (C=O) groups excluding carboxylic acids is 2. The number of hydrogen-bond donors (Lipinski definition) is 3. The van der Waals surface area contributed by atoms with Crippen molar-refractivity contribution in [3.63, 3.8) is 0 Å². The van der Waals surface area contributed by atoms with Crippen LogP contribution < -0.4 is 5.32 Å². The maximum absolute atomic E-state index is 12.4. The molecule has 0 bridgehead atoms. The van der Waals surface area contributed by atoms with Crippen LogP contribution in [-0.4, -0.2) is 47.4 Å². The molecule has 2 unspecified atom stereocenters. The summed E-state index contributed by atoms with van der Waals surface area (Å²) in [4.78, 5) is 24.4. The van der Waals surface area contributed by atoms with Crippen molar-refractivity contribution in [1.29, 1.82) is 0 Å². The number of allylic oxidation sites excluding steroid dienone is 4. The van der Waals surface area contributed by atoms with Crippen LogP contribution in [0.2, 0.25) is 0 Å². The third kappa shape index (κ3) is 45.9. The Morgan fingerprint density at radius 2 is 0.783 bits per heavy atom. The highest BCUT2D eigenvalue weighted by atomic mass is 16.5. The molecular weight excluding hydrogens is 743 g/mol. The summed E-state index contributed by atoms with van der Waals surface area (Å²) >= 11 is 0. The second kappa shape index (κ2) is 50.0. The largest absolute Gasteiger partial charge is 0.466 e. The van der Waals surface area contributed by atoms with E-state index in [0.717, 1.165) is 57.8 Å². The fraction of sp³-hybridized carbons (Fsp3) is 0.889. The van der Waals surface area contributed by atoms with E-state index in [2.05, 4.69) is 43.5 Å². The second-order valence-corrected chi connectivity index (χ2v) is 18.2. The third-order valence-electron chi connectivity index (χ3n) is 12.2. The molecular formula is C54H103NO5. The minimum absolute atomic E-state index is 0.0113. The average Bonchev–Trinajstić information content (AvgIpc) is 3.25. The Morgan fingerprint density at radius 1 is 0.450 bits per heavy atom. The van der Waals surface area contributed by atoms with Gasteiger partial charge in [0.2, 0.25) is 5.91 Å². The van der Waals surface area contributed by atoms with Crippen LogP contribution in [0.4, 0.5) is 0 Å². The van der Waals surface area contributed by atoms with Crippen molar-refractivity contribution in [1.82, 2.24) is 5.32 Å². The summed E-state index contributed by atoms with van der Waals surface area (Å²) in [5, 5.41) is 23.2. The van der Waals surface area contributed by atoms with Crippen LogP contribution >= 0.6 is 0 Å². The van der Waals surface area contributed by atoms with Gasteiger partial charge in [-0.25, -0.2) is 0 Å². The van der Waals surface area contributed by atoms with Gasteiger partial charge in [0.15, 0.2) is 0 Å². The second-order valence-electron chi connectivity index (χ2n) is 18.2. The van der Waals surface area contributed by atoms with Crippen LogP contribution in [0.5, 0.6) is 0 Å². The Morgan fingerprint density at radius 3 is 1.20 bits per heavy atom. The maximum Gasteiger partial charge on any atom is 0.305 e. The summed E-state index contributed by atoms with van der Waals surface area (Å²) in [6.07, 6.45) is 58.6. The predicted molar refractivity (Wildman–Crippen MR) is 260 cm³/mol. The normalized spacial score (nSPS) is 12.8. The number of carbonyl (C=O) groups is 2. The Hall–Kier alpha value is -1.66. The van der Waals surface area contributed by atoms with Crippen LogP contribution in [-0.2, 0) is 14.3 Å². The van der Waals surface area contributed by atoms with E-state index in [1.165, 1.54) is 193 Å². The summed E-state index contributed by atoms with van der Waals surface area (Å²) in [5.41, 5.74) is 0. The molecule has 0 heterocycles. The molecule has 0 aromatic carbocycles. The van der Waals surface area contributed by atoms with E-state index in [1.54, 1.807) is 0 Å². The molecule has 0 aromatic rings. The van der Waals surface area contributed by atoms with Gasteiger partial charge in [0.1, 0.15) is 0 Å². The molecule has 3 N–H and O–H groups in total. The first kappa shape index (κ1) is 58.3. The van der Waals surface area contributed by atoms with Crippen molar-refractivity contribution in [3.8, 4) is 0 Å². The van der Waals surface area contributed by atoms with Crippen molar-refractivity contribution in [2.24, 2.45) is 0 Å². The third-order valence-corrected chi connectivity index (χ3v) is 12.2. The lowest BCUT2D eigenvalue weighted by molar-refractivity contribution is -0.143. The molecule has 0 aliphatic rings. The standard InChI is InChI=1S/C54H103NO5/c1-3-5-7-9-11-13-15-22-26-30-34-38-42-46-52(57)51(50-56)55-53(58)47-43-39-35-31-27-24-20-18-17-19-21-25-29-33-37-41-45-49-60-54(59)48-44-40-36-32-28-23-16-14-12-10-8-6-4-2/h14,16-17,19,51-52,56-57H,3-13,15,18,20-50H2,1-2H3,(H,55,58)/b16-14-,19-17-. The first-order chi connectivity index (χ1) is 29.5. The van der Waals surface area contributed by atoms with Crippen LogP contribution in [0.15, 0.2) is 24.3 Å². The fourth-order valence-electron chi connectivity index (χ4n) is 8.10. The number of esters is 1. The van der Waals surface area contributed by atoms with Crippen molar-refractivity contribution >= 4 is 11.9 Å². The van der Waals surface area contributed by atoms with E-state index in [1.807, 2.05) is 0 Å². The Labute approximate surface area is 373 Å². The van der Waals surface area contributed by atoms with E-state index in [9.17, 15) is 19.8 Å². The van der Waals surface area contributed by atoms with Gasteiger partial charge in [-0.3, -0.25) is 9.59 Å². The van der Waals surface area contributed by atoms with E-state index >= 15 is 0 Å². The molecule has 6 nitrogen and oxygen atoms in total. The molecule has 0 aliphatic heterocycles. The first-order valence-corrected chi connectivity index (χ1v) is 26.6. The monoisotopic (exact) mass is 846 g/mol. The zero-order valence-electron chi connectivity index (χ0n) is 40.2. The highest BCUT2D eigenvalue weighted by Crippen LogP contribution is 2.16. The number of aliphatic hydroxyl groups excluding tert-OH is 2. The molecule has 0 aromatic heterocycles. The summed E-state index contributed by atoms with van der Waals surface area (Å²) in [6, 6.07) is -0.549. The van der Waals surface area contributed by atoms with Gasteiger partial charge in [-0.15, -0.1) is 0 Å². The molecule has 60 heavy (non-hydrogen) atoms. The minimum atomic E-state index is -0.671. The lowest BCUT2D eigenvalue weighted by Gasteiger charge is -2.22. The molecule has 0 fully saturated rings. The van der Waals surface area contributed by atoms with Crippen LogP contribution in [0.3, 0.4) is 0 Å². The van der Waals surface area contributed by atoms with E-state index in [0.29, 0.717) is 25.9 Å². The SMILES string of the molecule is CCCCCC/C=C\CCCCCCCC(=O)OCCCCCCCC/C=C\CCCCCCCCCC(=O)NC(CO)C(O)CCCCCCCCCCCCCCC. The van der Waals surface area contributed by atoms with Gasteiger partial charge in [-0.2, -0.15) is 0 Å². The zero-order valence-corrected chi connectivity index (χ0v) is 40.2. The quantitative estimate of drug-likeness (QED) is 0.0322. The molecule has 1 amide bonds. The molecule has 354 valence electrons. The summed E-state index contributed by atoms with van der Waals surface area (Å²) < 4.78 is 5.45. The van der Waals surface area contributed by atoms with E-state index < -0.39 is 12.1 Å². The number of rotatable bonds is 49. The topological polar surface area (TPSA) is 95.9 Å². The van der Waals surface area contributed by atoms with Crippen molar-refractivity contribution in [2.75, 3.05) is 13.2 Å². The van der Waals surface area contributed by atoms with Crippen LogP contribution in [0, 0.1) is 0 Å². The van der Waals surface area contributed by atoms with Crippen molar-refractivity contribution in [3.05, 3.63) is 24.3 Å². The van der Waals surface area contributed by atoms with Crippen LogP contribution in [0.25, 0.3) is 0 Å². The van der Waals surface area contributed by atoms with E-state index in [-0.39, 0.29) is 18.5 Å². The predicted octanol–water partition coefficient (Wildman–Crippen LogP) is 15.9. The number of ether oxygens (including phenoxy) is 1. The van der Waals surface area contributed by atoms with Gasteiger partial charge >= 0.3 is 5.97 Å². The molecule has 0 saturated carbocycles. The Balaban J connectivity index is 3.46. The first-order valence-electron chi connectivity index (χ1n) is 26.6. The van der Waals surface area contributed by atoms with Gasteiger partial charge in [-0.1, -0.05) is 218 Å². The number of aliphatic hydroxyl groups is 2. The molecule has 2 atom stereocenters. The molecule has 0 saturated heterocycles. The summed E-state index contributed by atoms with van der Waals surface area (Å²) in [5.74, 6) is -0.0586. The Bertz CT molecular complexity index is 935. The Kier molecular flexibility index (Phi) is 48.6. The van der Waals surface area contributed by atoms with Crippen LogP contribution in [0.1, 0.15) is 284 Å². The molecule has 6 heteroatoms. The molecule has 0 spiro atoms. The number of hydrogen-bond acceptors (Lipinski definition) is 5. The average molecular weight is 846 g/mol. The highest BCUT2D eigenvalue weighted by molar-refractivity contribution is 5.76. The lowest BCUT2D eigenvalue weighted by atomic mass is 10.0. The molecule has 0 rings (SSSR count). The van der Waals surface area contributed by atoms with Crippen molar-refractivity contribution in [2.45, 2.75) is 296 Å². The van der Waals surface area contributed by atoms with Gasteiger partial charge in [-0.05, 0) is 77.0 Å². The zero-order chi connectivity index (χ0) is 43.7. The van der Waals surface area contributed by atoms with Gasteiger partial charge in [0, 0.05) is 12.8 Å². The van der Waals surface area contributed by atoms with Gasteiger partial charge in [0.25, 0.3) is 0 Å². The minimum Gasteiger partial charge on any atom is -0.466 e. The summed E-state index contributed by atoms with van der Waals surface area (Å²) in [7, 11) is 0. The number of unbranched alkanes of at least 4 members (excludes halogenated alkanes) is 34. The summed E-state index contributed by atoms with van der Waals surface area (Å²) in [6.45, 7) is 4.91. The van der Waals surface area contributed by atoms with Gasteiger partial charge < -0.3 is 20.3 Å². The lowest BCUT2D eigenvalue weighted by Crippen LogP contribution is -2.45.